The number of halogens is 1. The monoisotopic (exact) mass is 329 g/mol. The third-order valence-corrected chi connectivity index (χ3v) is 3.90. The summed E-state index contributed by atoms with van der Waals surface area (Å²) in [5.41, 5.74) is 8.26. The van der Waals surface area contributed by atoms with Crippen molar-refractivity contribution in [3.63, 3.8) is 0 Å². The molecule has 1 heterocycles. The van der Waals surface area contributed by atoms with E-state index in [0.717, 1.165) is 15.6 Å². The van der Waals surface area contributed by atoms with E-state index >= 15 is 0 Å². The van der Waals surface area contributed by atoms with Gasteiger partial charge < -0.3 is 5.73 Å². The van der Waals surface area contributed by atoms with Crippen LogP contribution in [0, 0.1) is 0 Å². The third-order valence-electron chi connectivity index (χ3n) is 3.16. The van der Waals surface area contributed by atoms with Crippen LogP contribution >= 0.6 is 15.9 Å². The highest BCUT2D eigenvalue weighted by Crippen LogP contribution is 2.21. The number of nitrogens with two attached hydrogens (primary N) is 1. The molecule has 1 aromatic heterocycles. The van der Waals surface area contributed by atoms with Crippen LogP contribution in [0.4, 0.5) is 5.69 Å². The molecule has 0 spiro atoms. The molecule has 5 heteroatoms. The van der Waals surface area contributed by atoms with Crippen LogP contribution < -0.4 is 11.2 Å². The van der Waals surface area contributed by atoms with Crippen LogP contribution in [0.2, 0.25) is 0 Å². The van der Waals surface area contributed by atoms with Gasteiger partial charge in [0.2, 0.25) is 5.43 Å². The van der Waals surface area contributed by atoms with Crippen molar-refractivity contribution in [2.24, 2.45) is 0 Å². The fraction of sp³-hybridized carbons (Fsp3) is 0.0667. The molecule has 0 unspecified atom stereocenters. The summed E-state index contributed by atoms with van der Waals surface area (Å²) in [5.74, 6) is 0. The Balaban J connectivity index is 2.11. The minimum atomic E-state index is -0.0618. The van der Waals surface area contributed by atoms with Gasteiger partial charge in [-0.3, -0.25) is 9.48 Å². The van der Waals surface area contributed by atoms with E-state index in [0.29, 0.717) is 17.6 Å². The number of benzene rings is 2. The molecular formula is C15H12BrN3O. The Morgan fingerprint density at radius 3 is 2.80 bits per heavy atom. The van der Waals surface area contributed by atoms with Gasteiger partial charge in [-0.15, -0.1) is 0 Å². The van der Waals surface area contributed by atoms with E-state index in [1.807, 2.05) is 47.1 Å². The Morgan fingerprint density at radius 1 is 1.20 bits per heavy atom. The summed E-state index contributed by atoms with van der Waals surface area (Å²) in [6.45, 7) is 0.571. The SMILES string of the molecule is Nc1ccc(Cn2ncc(=O)c3ccccc32)c(Br)c1. The topological polar surface area (TPSA) is 60.9 Å². The van der Waals surface area contributed by atoms with E-state index < -0.39 is 0 Å². The molecule has 20 heavy (non-hydrogen) atoms. The van der Waals surface area contributed by atoms with Gasteiger partial charge in [0.15, 0.2) is 0 Å². The maximum absolute atomic E-state index is 11.8. The molecule has 0 bridgehead atoms. The van der Waals surface area contributed by atoms with Crippen LogP contribution in [0.15, 0.2) is 57.9 Å². The van der Waals surface area contributed by atoms with Gasteiger partial charge in [-0.25, -0.2) is 0 Å². The second-order valence-electron chi connectivity index (χ2n) is 4.53. The normalized spacial score (nSPS) is 10.8. The summed E-state index contributed by atoms with van der Waals surface area (Å²) < 4.78 is 2.74. The first-order valence-electron chi connectivity index (χ1n) is 6.14. The summed E-state index contributed by atoms with van der Waals surface area (Å²) in [5, 5.41) is 4.89. The first-order chi connectivity index (χ1) is 9.65. The summed E-state index contributed by atoms with van der Waals surface area (Å²) in [6, 6.07) is 13.1. The van der Waals surface area contributed by atoms with Crippen LogP contribution in [0.1, 0.15) is 5.56 Å². The van der Waals surface area contributed by atoms with Crippen LogP contribution in [0.25, 0.3) is 10.9 Å². The lowest BCUT2D eigenvalue weighted by Crippen LogP contribution is -2.13. The van der Waals surface area contributed by atoms with Crippen LogP contribution in [-0.4, -0.2) is 9.78 Å². The zero-order valence-electron chi connectivity index (χ0n) is 10.6. The summed E-state index contributed by atoms with van der Waals surface area (Å²) in [6.07, 6.45) is 1.35. The summed E-state index contributed by atoms with van der Waals surface area (Å²) >= 11 is 3.50. The van der Waals surface area contributed by atoms with Crippen molar-refractivity contribution in [3.8, 4) is 0 Å². The zero-order chi connectivity index (χ0) is 14.1. The Kier molecular flexibility index (Phi) is 3.28. The van der Waals surface area contributed by atoms with Crippen molar-refractivity contribution in [1.29, 1.82) is 0 Å². The van der Waals surface area contributed by atoms with Crippen molar-refractivity contribution in [2.45, 2.75) is 6.54 Å². The lowest BCUT2D eigenvalue weighted by molar-refractivity contribution is 0.693. The fourth-order valence-electron chi connectivity index (χ4n) is 2.14. The second-order valence-corrected chi connectivity index (χ2v) is 5.39. The average Bonchev–Trinajstić information content (AvgIpc) is 2.45. The van der Waals surface area contributed by atoms with E-state index in [2.05, 4.69) is 21.0 Å². The van der Waals surface area contributed by atoms with Gasteiger partial charge in [-0.1, -0.05) is 34.1 Å². The number of fused-ring (bicyclic) bond motifs is 1. The molecule has 2 N–H and O–H groups in total. The maximum atomic E-state index is 11.8. The number of anilines is 1. The molecule has 0 radical (unpaired) electrons. The first-order valence-corrected chi connectivity index (χ1v) is 6.93. The minimum Gasteiger partial charge on any atom is -0.399 e. The highest BCUT2D eigenvalue weighted by molar-refractivity contribution is 9.10. The van der Waals surface area contributed by atoms with Crippen molar-refractivity contribution in [2.75, 3.05) is 5.73 Å². The third kappa shape index (κ3) is 2.32. The molecule has 4 nitrogen and oxygen atoms in total. The molecule has 2 aromatic carbocycles. The van der Waals surface area contributed by atoms with Crippen LogP contribution in [0.5, 0.6) is 0 Å². The number of nitrogen functional groups attached to an aromatic ring is 1. The van der Waals surface area contributed by atoms with Gasteiger partial charge in [0.1, 0.15) is 0 Å². The molecule has 0 saturated heterocycles. The maximum Gasteiger partial charge on any atom is 0.207 e. The van der Waals surface area contributed by atoms with Gasteiger partial charge in [0, 0.05) is 15.5 Å². The van der Waals surface area contributed by atoms with E-state index in [9.17, 15) is 4.79 Å². The molecule has 0 aliphatic heterocycles. The fourth-order valence-corrected chi connectivity index (χ4v) is 2.66. The largest absolute Gasteiger partial charge is 0.399 e. The van der Waals surface area contributed by atoms with Gasteiger partial charge in [0.25, 0.3) is 0 Å². The molecular weight excluding hydrogens is 318 g/mol. The summed E-state index contributed by atoms with van der Waals surface area (Å²) in [4.78, 5) is 11.8. The predicted octanol–water partition coefficient (Wildman–Crippen LogP) is 2.79. The number of nitrogens with zero attached hydrogens (tertiary/aromatic N) is 2. The lowest BCUT2D eigenvalue weighted by Gasteiger charge is -2.11. The van der Waals surface area contributed by atoms with Gasteiger partial charge in [0.05, 0.1) is 18.3 Å². The second kappa shape index (κ2) is 5.09. The Hall–Kier alpha value is -2.14. The van der Waals surface area contributed by atoms with E-state index in [4.69, 9.17) is 5.73 Å². The highest BCUT2D eigenvalue weighted by atomic mass is 79.9. The molecule has 3 aromatic rings. The molecule has 0 atom stereocenters. The van der Waals surface area contributed by atoms with Gasteiger partial charge in [-0.2, -0.15) is 5.10 Å². The van der Waals surface area contributed by atoms with E-state index in [-0.39, 0.29) is 5.43 Å². The van der Waals surface area contributed by atoms with Crippen molar-refractivity contribution < 1.29 is 0 Å². The molecule has 0 saturated carbocycles. The van der Waals surface area contributed by atoms with Gasteiger partial charge >= 0.3 is 0 Å². The Morgan fingerprint density at radius 2 is 2.00 bits per heavy atom. The van der Waals surface area contributed by atoms with Crippen molar-refractivity contribution in [1.82, 2.24) is 9.78 Å². The summed E-state index contributed by atoms with van der Waals surface area (Å²) in [7, 11) is 0. The van der Waals surface area contributed by atoms with Crippen LogP contribution in [0.3, 0.4) is 0 Å². The van der Waals surface area contributed by atoms with Crippen molar-refractivity contribution in [3.05, 3.63) is 68.9 Å². The quantitative estimate of drug-likeness (QED) is 0.735. The van der Waals surface area contributed by atoms with E-state index in [1.54, 1.807) is 0 Å². The average molecular weight is 330 g/mol. The lowest BCUT2D eigenvalue weighted by atomic mass is 10.2. The number of aromatic nitrogens is 2. The molecule has 0 amide bonds. The number of para-hydroxylation sites is 1. The molecule has 0 aliphatic carbocycles. The van der Waals surface area contributed by atoms with Crippen LogP contribution in [-0.2, 0) is 6.54 Å². The minimum absolute atomic E-state index is 0.0618. The molecule has 0 fully saturated rings. The highest BCUT2D eigenvalue weighted by Gasteiger charge is 2.06. The number of rotatable bonds is 2. The smallest absolute Gasteiger partial charge is 0.207 e. The molecule has 0 aliphatic rings. The zero-order valence-corrected chi connectivity index (χ0v) is 12.2. The van der Waals surface area contributed by atoms with E-state index in [1.165, 1.54) is 6.20 Å². The van der Waals surface area contributed by atoms with Crippen molar-refractivity contribution >= 4 is 32.5 Å². The number of hydrogen-bond acceptors (Lipinski definition) is 3. The van der Waals surface area contributed by atoms with Gasteiger partial charge in [-0.05, 0) is 29.8 Å². The Labute approximate surface area is 124 Å². The Bertz CT molecular complexity index is 842. The first kappa shape index (κ1) is 12.9. The standard InChI is InChI=1S/C15H12BrN3O/c16-13-7-11(17)6-5-10(13)9-19-14-4-2-1-3-12(14)15(20)8-18-19/h1-8H,9,17H2. The number of hydrogen-bond donors (Lipinski definition) is 1. The predicted molar refractivity (Wildman–Crippen MR) is 83.7 cm³/mol. The molecule has 3 rings (SSSR count). The molecule has 100 valence electrons.